The maximum atomic E-state index is 12.1. The van der Waals surface area contributed by atoms with Gasteiger partial charge in [0.1, 0.15) is 0 Å². The van der Waals surface area contributed by atoms with Crippen LogP contribution in [-0.4, -0.2) is 23.1 Å². The van der Waals surface area contributed by atoms with Crippen LogP contribution in [0.3, 0.4) is 0 Å². The van der Waals surface area contributed by atoms with E-state index in [1.165, 1.54) is 6.07 Å². The standard InChI is InChI=1S/C15H16N2O4/c1-3-12(14(18)16-11-7-5-4-6-8-11)20-15(19)13-9-10(2)17-21-13/h4-9,12H,3H2,1-2H3,(H,16,18). The Bertz CT molecular complexity index is 622. The van der Waals surface area contributed by atoms with E-state index < -0.39 is 12.1 Å². The van der Waals surface area contributed by atoms with E-state index in [-0.39, 0.29) is 11.7 Å². The Morgan fingerprint density at radius 1 is 1.33 bits per heavy atom. The molecular formula is C15H16N2O4. The first-order valence-electron chi connectivity index (χ1n) is 6.60. The Labute approximate surface area is 122 Å². The van der Waals surface area contributed by atoms with Gasteiger partial charge in [0.25, 0.3) is 5.91 Å². The van der Waals surface area contributed by atoms with Crippen molar-refractivity contribution in [1.29, 1.82) is 0 Å². The highest BCUT2D eigenvalue weighted by Crippen LogP contribution is 2.11. The van der Waals surface area contributed by atoms with Gasteiger partial charge < -0.3 is 14.6 Å². The summed E-state index contributed by atoms with van der Waals surface area (Å²) < 4.78 is 9.96. The average Bonchev–Trinajstić information content (AvgIpc) is 2.92. The summed E-state index contributed by atoms with van der Waals surface area (Å²) in [5.41, 5.74) is 1.22. The van der Waals surface area contributed by atoms with Gasteiger partial charge in [0.15, 0.2) is 6.10 Å². The van der Waals surface area contributed by atoms with Crippen LogP contribution in [0.5, 0.6) is 0 Å². The quantitative estimate of drug-likeness (QED) is 0.855. The number of aryl methyl sites for hydroxylation is 1. The fourth-order valence-electron chi connectivity index (χ4n) is 1.71. The molecule has 1 aromatic carbocycles. The van der Waals surface area contributed by atoms with Crippen molar-refractivity contribution in [3.05, 3.63) is 47.9 Å². The second-order valence-corrected chi connectivity index (χ2v) is 4.49. The minimum absolute atomic E-state index is 0.0153. The number of aromatic nitrogens is 1. The van der Waals surface area contributed by atoms with Crippen LogP contribution in [0.25, 0.3) is 0 Å². The zero-order chi connectivity index (χ0) is 15.2. The topological polar surface area (TPSA) is 81.4 Å². The van der Waals surface area contributed by atoms with Gasteiger partial charge in [-0.25, -0.2) is 4.79 Å². The summed E-state index contributed by atoms with van der Waals surface area (Å²) in [4.78, 5) is 23.9. The van der Waals surface area contributed by atoms with E-state index in [0.717, 1.165) is 0 Å². The summed E-state index contributed by atoms with van der Waals surface area (Å²) in [5, 5.41) is 6.30. The summed E-state index contributed by atoms with van der Waals surface area (Å²) in [5.74, 6) is -1.10. The van der Waals surface area contributed by atoms with Crippen molar-refractivity contribution in [2.45, 2.75) is 26.4 Å². The summed E-state index contributed by atoms with van der Waals surface area (Å²) in [7, 11) is 0. The molecule has 1 unspecified atom stereocenters. The van der Waals surface area contributed by atoms with Crippen molar-refractivity contribution in [3.8, 4) is 0 Å². The summed E-state index contributed by atoms with van der Waals surface area (Å²) in [6.45, 7) is 3.45. The number of anilines is 1. The number of amides is 1. The number of carbonyl (C=O) groups is 2. The molecule has 0 saturated carbocycles. The molecule has 1 heterocycles. The molecule has 1 amide bonds. The van der Waals surface area contributed by atoms with Crippen LogP contribution in [-0.2, 0) is 9.53 Å². The molecule has 0 fully saturated rings. The molecule has 0 aliphatic carbocycles. The maximum absolute atomic E-state index is 12.1. The van der Waals surface area contributed by atoms with Crippen molar-refractivity contribution in [1.82, 2.24) is 5.16 Å². The molecule has 6 nitrogen and oxygen atoms in total. The van der Waals surface area contributed by atoms with E-state index >= 15 is 0 Å². The van der Waals surface area contributed by atoms with Crippen molar-refractivity contribution in [2.24, 2.45) is 0 Å². The summed E-state index contributed by atoms with van der Waals surface area (Å²) in [6.07, 6.45) is -0.527. The third-order valence-electron chi connectivity index (χ3n) is 2.78. The molecule has 21 heavy (non-hydrogen) atoms. The van der Waals surface area contributed by atoms with Crippen molar-refractivity contribution < 1.29 is 18.8 Å². The van der Waals surface area contributed by atoms with E-state index in [0.29, 0.717) is 17.8 Å². The van der Waals surface area contributed by atoms with Gasteiger partial charge in [-0.2, -0.15) is 0 Å². The number of para-hydroxylation sites is 1. The number of ether oxygens (including phenoxy) is 1. The fraction of sp³-hybridized carbons (Fsp3) is 0.267. The predicted octanol–water partition coefficient (Wildman–Crippen LogP) is 2.56. The minimum Gasteiger partial charge on any atom is -0.446 e. The van der Waals surface area contributed by atoms with Crippen LogP contribution in [0.15, 0.2) is 40.9 Å². The number of benzene rings is 1. The average molecular weight is 288 g/mol. The van der Waals surface area contributed by atoms with Gasteiger partial charge in [0.2, 0.25) is 5.76 Å². The molecule has 1 N–H and O–H groups in total. The SMILES string of the molecule is CCC(OC(=O)c1cc(C)no1)C(=O)Nc1ccccc1. The van der Waals surface area contributed by atoms with E-state index in [4.69, 9.17) is 9.26 Å². The van der Waals surface area contributed by atoms with E-state index in [1.54, 1.807) is 38.1 Å². The maximum Gasteiger partial charge on any atom is 0.377 e. The lowest BCUT2D eigenvalue weighted by Crippen LogP contribution is -2.32. The Hall–Kier alpha value is -2.63. The smallest absolute Gasteiger partial charge is 0.377 e. The number of rotatable bonds is 5. The van der Waals surface area contributed by atoms with Gasteiger partial charge in [0.05, 0.1) is 5.69 Å². The molecule has 6 heteroatoms. The van der Waals surface area contributed by atoms with Gasteiger partial charge >= 0.3 is 5.97 Å². The first kappa shape index (κ1) is 14.8. The molecule has 1 atom stereocenters. The molecule has 110 valence electrons. The lowest BCUT2D eigenvalue weighted by Gasteiger charge is -2.15. The second-order valence-electron chi connectivity index (χ2n) is 4.49. The van der Waals surface area contributed by atoms with Crippen LogP contribution >= 0.6 is 0 Å². The fourth-order valence-corrected chi connectivity index (χ4v) is 1.71. The number of carbonyl (C=O) groups excluding carboxylic acids is 2. The third-order valence-corrected chi connectivity index (χ3v) is 2.78. The number of esters is 1. The Morgan fingerprint density at radius 2 is 2.05 bits per heavy atom. The Kier molecular flexibility index (Phi) is 4.71. The van der Waals surface area contributed by atoms with E-state index in [9.17, 15) is 9.59 Å². The van der Waals surface area contributed by atoms with Crippen molar-refractivity contribution in [3.63, 3.8) is 0 Å². The highest BCUT2D eigenvalue weighted by molar-refractivity contribution is 5.96. The molecule has 0 aliphatic rings. The van der Waals surface area contributed by atoms with Gasteiger partial charge in [-0.1, -0.05) is 30.3 Å². The zero-order valence-electron chi connectivity index (χ0n) is 11.8. The number of hydrogen-bond donors (Lipinski definition) is 1. The van der Waals surface area contributed by atoms with E-state index in [2.05, 4.69) is 10.5 Å². The van der Waals surface area contributed by atoms with Crippen LogP contribution in [0.1, 0.15) is 29.6 Å². The van der Waals surface area contributed by atoms with Crippen molar-refractivity contribution in [2.75, 3.05) is 5.32 Å². The lowest BCUT2D eigenvalue weighted by molar-refractivity contribution is -0.124. The highest BCUT2D eigenvalue weighted by atomic mass is 16.6. The number of hydrogen-bond acceptors (Lipinski definition) is 5. The molecule has 0 bridgehead atoms. The van der Waals surface area contributed by atoms with Gasteiger partial charge in [0, 0.05) is 11.8 Å². The van der Waals surface area contributed by atoms with Gasteiger partial charge in [-0.05, 0) is 25.5 Å². The first-order chi connectivity index (χ1) is 10.1. The minimum atomic E-state index is -0.886. The molecule has 0 aliphatic heterocycles. The van der Waals surface area contributed by atoms with E-state index in [1.807, 2.05) is 6.07 Å². The molecule has 2 rings (SSSR count). The summed E-state index contributed by atoms with van der Waals surface area (Å²) >= 11 is 0. The lowest BCUT2D eigenvalue weighted by atomic mass is 10.2. The predicted molar refractivity (Wildman–Crippen MR) is 75.8 cm³/mol. The van der Waals surface area contributed by atoms with Gasteiger partial charge in [-0.15, -0.1) is 0 Å². The largest absolute Gasteiger partial charge is 0.446 e. The first-order valence-corrected chi connectivity index (χ1v) is 6.60. The molecule has 0 saturated heterocycles. The van der Waals surface area contributed by atoms with Crippen LogP contribution < -0.4 is 5.32 Å². The number of nitrogens with zero attached hydrogens (tertiary/aromatic N) is 1. The molecule has 0 radical (unpaired) electrons. The highest BCUT2D eigenvalue weighted by Gasteiger charge is 2.24. The summed E-state index contributed by atoms with van der Waals surface area (Å²) in [6, 6.07) is 10.4. The monoisotopic (exact) mass is 288 g/mol. The molecule has 2 aromatic rings. The molecular weight excluding hydrogens is 272 g/mol. The Morgan fingerprint density at radius 3 is 2.62 bits per heavy atom. The van der Waals surface area contributed by atoms with Crippen LogP contribution in [0.2, 0.25) is 0 Å². The molecule has 0 spiro atoms. The van der Waals surface area contributed by atoms with Gasteiger partial charge in [-0.3, -0.25) is 4.79 Å². The Balaban J connectivity index is 1.99. The number of nitrogens with one attached hydrogen (secondary N) is 1. The van der Waals surface area contributed by atoms with Crippen LogP contribution in [0.4, 0.5) is 5.69 Å². The molecule has 1 aromatic heterocycles. The van der Waals surface area contributed by atoms with Crippen LogP contribution in [0, 0.1) is 6.92 Å². The normalized spacial score (nSPS) is 11.7. The van der Waals surface area contributed by atoms with Crippen molar-refractivity contribution >= 4 is 17.6 Å². The third kappa shape index (κ3) is 3.92. The zero-order valence-corrected chi connectivity index (χ0v) is 11.8. The second kappa shape index (κ2) is 6.69.